The van der Waals surface area contributed by atoms with E-state index in [1.165, 1.54) is 20.3 Å². The van der Waals surface area contributed by atoms with Crippen LogP contribution in [0.2, 0.25) is 0 Å². The fourth-order valence-corrected chi connectivity index (χ4v) is 5.23. The molecule has 0 spiro atoms. The van der Waals surface area contributed by atoms with Crippen molar-refractivity contribution in [2.75, 3.05) is 40.4 Å². The molecule has 34 heavy (non-hydrogen) atoms. The second kappa shape index (κ2) is 9.34. The molecule has 2 aliphatic rings. The molecule has 0 radical (unpaired) electrons. The van der Waals surface area contributed by atoms with Gasteiger partial charge in [-0.1, -0.05) is 12.1 Å². The van der Waals surface area contributed by atoms with Crippen LogP contribution in [0.3, 0.4) is 0 Å². The van der Waals surface area contributed by atoms with Crippen LogP contribution in [0.5, 0.6) is 11.5 Å². The Morgan fingerprint density at radius 1 is 0.971 bits per heavy atom. The van der Waals surface area contributed by atoms with Crippen LogP contribution in [0.1, 0.15) is 22.8 Å². The highest BCUT2D eigenvalue weighted by molar-refractivity contribution is 7.90. The van der Waals surface area contributed by atoms with Gasteiger partial charge in [0.2, 0.25) is 5.91 Å². The SMILES string of the molecule is COc1cc(OC)cc(C(=O)N2CCN(C(=O)[C@H](C)N=C3NS(=O)(=O)c4ccccc43)CC2)c1. The number of fused-ring (bicyclic) bond motifs is 1. The normalized spacial score (nSPS) is 18.7. The molecule has 0 aliphatic carbocycles. The van der Waals surface area contributed by atoms with Gasteiger partial charge >= 0.3 is 0 Å². The molecule has 1 atom stereocenters. The molecule has 2 aliphatic heterocycles. The predicted octanol–water partition coefficient (Wildman–Crippen LogP) is 1.12. The van der Waals surface area contributed by atoms with Crippen molar-refractivity contribution in [1.82, 2.24) is 14.5 Å². The number of carbonyl (C=O) groups excluding carboxylic acids is 2. The van der Waals surface area contributed by atoms with Gasteiger partial charge in [-0.2, -0.15) is 0 Å². The van der Waals surface area contributed by atoms with E-state index in [0.717, 1.165) is 0 Å². The lowest BCUT2D eigenvalue weighted by Crippen LogP contribution is -2.52. The standard InChI is InChI=1S/C23H26N4O6S/c1-15(24-21-19-6-4-5-7-20(19)34(30,31)25-21)22(28)26-8-10-27(11-9-26)23(29)16-12-17(32-2)14-18(13-16)33-3/h4-7,12-15H,8-11H2,1-3H3,(H,24,25)/t15-/m0/s1. The van der Waals surface area contributed by atoms with Gasteiger partial charge in [0.05, 0.1) is 19.1 Å². The zero-order chi connectivity index (χ0) is 24.5. The molecular weight excluding hydrogens is 460 g/mol. The Morgan fingerprint density at radius 3 is 2.18 bits per heavy atom. The first kappa shape index (κ1) is 23.6. The van der Waals surface area contributed by atoms with E-state index < -0.39 is 16.1 Å². The number of ether oxygens (including phenoxy) is 2. The summed E-state index contributed by atoms with van der Waals surface area (Å²) in [6, 6.07) is 10.7. The summed E-state index contributed by atoms with van der Waals surface area (Å²) in [4.78, 5) is 33.8. The highest BCUT2D eigenvalue weighted by Gasteiger charge is 2.32. The molecule has 1 N–H and O–H groups in total. The number of carbonyl (C=O) groups is 2. The van der Waals surface area contributed by atoms with Crippen molar-refractivity contribution in [3.05, 3.63) is 53.6 Å². The van der Waals surface area contributed by atoms with Gasteiger partial charge in [0.15, 0.2) is 0 Å². The van der Waals surface area contributed by atoms with Crippen molar-refractivity contribution in [3.8, 4) is 11.5 Å². The molecule has 2 heterocycles. The maximum absolute atomic E-state index is 13.0. The number of sulfonamides is 1. The van der Waals surface area contributed by atoms with E-state index in [1.807, 2.05) is 0 Å². The van der Waals surface area contributed by atoms with Crippen molar-refractivity contribution in [1.29, 1.82) is 0 Å². The molecule has 0 aromatic heterocycles. The molecule has 2 aromatic carbocycles. The van der Waals surface area contributed by atoms with Gasteiger partial charge < -0.3 is 19.3 Å². The molecule has 1 saturated heterocycles. The van der Waals surface area contributed by atoms with Gasteiger partial charge in [0, 0.05) is 43.4 Å². The number of amidine groups is 1. The monoisotopic (exact) mass is 486 g/mol. The number of methoxy groups -OCH3 is 2. The number of aliphatic imine (C=N–C) groups is 1. The number of rotatable bonds is 5. The lowest BCUT2D eigenvalue weighted by atomic mass is 10.1. The molecule has 4 rings (SSSR count). The largest absolute Gasteiger partial charge is 0.497 e. The summed E-state index contributed by atoms with van der Waals surface area (Å²) >= 11 is 0. The second-order valence-corrected chi connectivity index (χ2v) is 9.62. The smallest absolute Gasteiger partial charge is 0.263 e. The number of piperazine rings is 1. The minimum absolute atomic E-state index is 0.148. The molecule has 1 fully saturated rings. The Balaban J connectivity index is 1.41. The first-order chi connectivity index (χ1) is 16.2. The molecule has 0 bridgehead atoms. The molecule has 2 aromatic rings. The van der Waals surface area contributed by atoms with E-state index in [4.69, 9.17) is 9.47 Å². The Labute approximate surface area is 198 Å². The maximum Gasteiger partial charge on any atom is 0.263 e. The average molecular weight is 487 g/mol. The van der Waals surface area contributed by atoms with Crippen LogP contribution in [0, 0.1) is 0 Å². The summed E-state index contributed by atoms with van der Waals surface area (Å²) in [6.07, 6.45) is 0. The number of amides is 2. The fourth-order valence-electron chi connectivity index (χ4n) is 3.99. The number of nitrogens with zero attached hydrogens (tertiary/aromatic N) is 3. The summed E-state index contributed by atoms with van der Waals surface area (Å²) in [7, 11) is -0.630. The lowest BCUT2D eigenvalue weighted by Gasteiger charge is -2.35. The van der Waals surface area contributed by atoms with Crippen LogP contribution in [0.4, 0.5) is 0 Å². The highest BCUT2D eigenvalue weighted by atomic mass is 32.2. The molecular formula is C23H26N4O6S. The van der Waals surface area contributed by atoms with Gasteiger partial charge in [-0.15, -0.1) is 0 Å². The molecule has 0 unspecified atom stereocenters. The van der Waals surface area contributed by atoms with Gasteiger partial charge in [0.25, 0.3) is 15.9 Å². The number of hydrogen-bond donors (Lipinski definition) is 1. The van der Waals surface area contributed by atoms with Crippen LogP contribution < -0.4 is 14.2 Å². The fraction of sp³-hybridized carbons (Fsp3) is 0.348. The molecule has 10 nitrogen and oxygen atoms in total. The summed E-state index contributed by atoms with van der Waals surface area (Å²) in [6.45, 7) is 3.06. The first-order valence-electron chi connectivity index (χ1n) is 10.7. The minimum Gasteiger partial charge on any atom is -0.497 e. The van der Waals surface area contributed by atoms with Gasteiger partial charge in [-0.25, -0.2) is 8.42 Å². The third-order valence-electron chi connectivity index (χ3n) is 5.82. The molecule has 0 saturated carbocycles. The summed E-state index contributed by atoms with van der Waals surface area (Å²) in [5, 5.41) is 0. The van der Waals surface area contributed by atoms with E-state index in [0.29, 0.717) is 48.8 Å². The lowest BCUT2D eigenvalue weighted by molar-refractivity contribution is -0.133. The molecule has 11 heteroatoms. The van der Waals surface area contributed by atoms with Crippen LogP contribution in [-0.2, 0) is 14.8 Å². The zero-order valence-corrected chi connectivity index (χ0v) is 20.0. The van der Waals surface area contributed by atoms with Gasteiger partial charge in [-0.05, 0) is 31.2 Å². The Morgan fingerprint density at radius 2 is 1.56 bits per heavy atom. The summed E-state index contributed by atoms with van der Waals surface area (Å²) in [5.41, 5.74) is 0.897. The van der Waals surface area contributed by atoms with Gasteiger partial charge in [0.1, 0.15) is 23.4 Å². The second-order valence-electron chi connectivity index (χ2n) is 7.97. The van der Waals surface area contributed by atoms with Crippen molar-refractivity contribution in [2.24, 2.45) is 4.99 Å². The quantitative estimate of drug-likeness (QED) is 0.677. The van der Waals surface area contributed by atoms with E-state index in [1.54, 1.807) is 53.1 Å². The van der Waals surface area contributed by atoms with E-state index >= 15 is 0 Å². The third kappa shape index (κ3) is 4.56. The van der Waals surface area contributed by atoms with E-state index in [2.05, 4.69) is 9.71 Å². The van der Waals surface area contributed by atoms with Crippen molar-refractivity contribution in [2.45, 2.75) is 17.9 Å². The Bertz CT molecular complexity index is 1230. The molecule has 180 valence electrons. The van der Waals surface area contributed by atoms with Crippen LogP contribution in [0.25, 0.3) is 0 Å². The first-order valence-corrected chi connectivity index (χ1v) is 12.2. The number of nitrogens with one attached hydrogen (secondary N) is 1. The summed E-state index contributed by atoms with van der Waals surface area (Å²) < 4.78 is 37.4. The topological polar surface area (TPSA) is 118 Å². The Hall–Kier alpha value is -3.60. The number of benzene rings is 2. The van der Waals surface area contributed by atoms with E-state index in [9.17, 15) is 18.0 Å². The van der Waals surface area contributed by atoms with Crippen LogP contribution in [-0.4, -0.2) is 82.3 Å². The van der Waals surface area contributed by atoms with Crippen LogP contribution in [0.15, 0.2) is 52.4 Å². The van der Waals surface area contributed by atoms with Gasteiger partial charge in [-0.3, -0.25) is 19.3 Å². The van der Waals surface area contributed by atoms with Crippen molar-refractivity contribution < 1.29 is 27.5 Å². The zero-order valence-electron chi connectivity index (χ0n) is 19.1. The summed E-state index contributed by atoms with van der Waals surface area (Å²) in [5.74, 6) is 0.806. The van der Waals surface area contributed by atoms with Crippen molar-refractivity contribution in [3.63, 3.8) is 0 Å². The number of hydrogen-bond acceptors (Lipinski definition) is 7. The molecule has 2 amide bonds. The Kier molecular flexibility index (Phi) is 6.47. The minimum atomic E-state index is -3.67. The van der Waals surface area contributed by atoms with Crippen LogP contribution >= 0.6 is 0 Å². The third-order valence-corrected chi connectivity index (χ3v) is 7.22. The maximum atomic E-state index is 13.0. The predicted molar refractivity (Wildman–Crippen MR) is 125 cm³/mol. The average Bonchev–Trinajstić information content (AvgIpc) is 3.12. The highest BCUT2D eigenvalue weighted by Crippen LogP contribution is 2.25. The van der Waals surface area contributed by atoms with Crippen molar-refractivity contribution >= 4 is 27.7 Å². The van der Waals surface area contributed by atoms with E-state index in [-0.39, 0.29) is 22.5 Å².